The van der Waals surface area contributed by atoms with Gasteiger partial charge in [-0.15, -0.1) is 0 Å². The highest BCUT2D eigenvalue weighted by Crippen LogP contribution is 2.26. The Hall–Kier alpha value is -4.38. The van der Waals surface area contributed by atoms with Gasteiger partial charge in [-0.05, 0) is 57.8 Å². The van der Waals surface area contributed by atoms with Crippen molar-refractivity contribution in [1.29, 1.82) is 0 Å². The van der Waals surface area contributed by atoms with Crippen molar-refractivity contribution in [2.75, 3.05) is 17.3 Å². The van der Waals surface area contributed by atoms with Crippen molar-refractivity contribution < 1.29 is 14.7 Å². The minimum atomic E-state index is -0.980. The number of carbonyl (C=O) groups is 2. The minimum Gasteiger partial charge on any atom is -0.478 e. The molecule has 4 aromatic rings. The van der Waals surface area contributed by atoms with Gasteiger partial charge in [0.1, 0.15) is 0 Å². The predicted molar refractivity (Wildman–Crippen MR) is 130 cm³/mol. The van der Waals surface area contributed by atoms with Gasteiger partial charge in [0.15, 0.2) is 0 Å². The van der Waals surface area contributed by atoms with E-state index in [1.54, 1.807) is 18.0 Å². The third-order valence-electron chi connectivity index (χ3n) is 5.20. The molecule has 0 saturated carbocycles. The van der Waals surface area contributed by atoms with Crippen LogP contribution in [0.5, 0.6) is 0 Å². The average molecular weight is 422 g/mol. The highest BCUT2D eigenvalue weighted by molar-refractivity contribution is 6.02. The molecule has 0 fully saturated rings. The van der Waals surface area contributed by atoms with E-state index < -0.39 is 5.97 Å². The molecule has 158 valence electrons. The van der Waals surface area contributed by atoms with Crippen LogP contribution >= 0.6 is 0 Å². The molecule has 5 nitrogen and oxygen atoms in total. The Labute approximate surface area is 186 Å². The molecule has 0 aliphatic heterocycles. The molecule has 0 saturated heterocycles. The van der Waals surface area contributed by atoms with Gasteiger partial charge in [-0.25, -0.2) is 9.59 Å². The molecule has 0 heterocycles. The van der Waals surface area contributed by atoms with E-state index in [0.29, 0.717) is 0 Å². The van der Waals surface area contributed by atoms with Gasteiger partial charge in [0, 0.05) is 24.5 Å². The van der Waals surface area contributed by atoms with Gasteiger partial charge in [-0.2, -0.15) is 0 Å². The van der Waals surface area contributed by atoms with Gasteiger partial charge in [0.25, 0.3) is 0 Å². The van der Waals surface area contributed by atoms with Crippen LogP contribution in [0.4, 0.5) is 16.2 Å². The van der Waals surface area contributed by atoms with Crippen molar-refractivity contribution in [2.24, 2.45) is 0 Å². The number of rotatable bonds is 5. The Kier molecular flexibility index (Phi) is 5.99. The number of fused-ring (bicyclic) bond motifs is 1. The van der Waals surface area contributed by atoms with E-state index in [2.05, 4.69) is 5.32 Å². The summed E-state index contributed by atoms with van der Waals surface area (Å²) in [4.78, 5) is 25.1. The second-order valence-electron chi connectivity index (χ2n) is 7.40. The normalized spacial score (nSPS) is 10.9. The number of urea groups is 1. The van der Waals surface area contributed by atoms with Gasteiger partial charge in [-0.1, -0.05) is 66.7 Å². The quantitative estimate of drug-likeness (QED) is 0.372. The lowest BCUT2D eigenvalue weighted by atomic mass is 10.0. The van der Waals surface area contributed by atoms with Crippen molar-refractivity contribution in [2.45, 2.75) is 0 Å². The number of carboxylic acids is 1. The molecule has 5 heteroatoms. The highest BCUT2D eigenvalue weighted by Gasteiger charge is 2.12. The van der Waals surface area contributed by atoms with Crippen molar-refractivity contribution >= 4 is 40.2 Å². The fourth-order valence-corrected chi connectivity index (χ4v) is 3.44. The summed E-state index contributed by atoms with van der Waals surface area (Å²) in [5.74, 6) is -0.980. The first kappa shape index (κ1) is 20.9. The summed E-state index contributed by atoms with van der Waals surface area (Å²) in [5.41, 5.74) is 4.24. The number of aliphatic carboxylic acids is 1. The second-order valence-corrected chi connectivity index (χ2v) is 7.40. The van der Waals surface area contributed by atoms with Crippen LogP contribution in [-0.4, -0.2) is 24.2 Å². The van der Waals surface area contributed by atoms with Gasteiger partial charge in [0.05, 0.1) is 0 Å². The number of anilines is 2. The largest absolute Gasteiger partial charge is 0.478 e. The Morgan fingerprint density at radius 2 is 1.56 bits per heavy atom. The number of carboxylic acid groups (broad SMARTS) is 1. The molecule has 0 aromatic heterocycles. The molecule has 0 radical (unpaired) electrons. The van der Waals surface area contributed by atoms with E-state index in [0.717, 1.165) is 44.9 Å². The predicted octanol–water partition coefficient (Wildman–Crippen LogP) is 6.27. The van der Waals surface area contributed by atoms with Crippen LogP contribution in [-0.2, 0) is 4.79 Å². The lowest BCUT2D eigenvalue weighted by Crippen LogP contribution is -2.31. The van der Waals surface area contributed by atoms with Crippen molar-refractivity contribution in [3.63, 3.8) is 0 Å². The summed E-state index contributed by atoms with van der Waals surface area (Å²) in [7, 11) is 1.73. The summed E-state index contributed by atoms with van der Waals surface area (Å²) < 4.78 is 0. The summed E-state index contributed by atoms with van der Waals surface area (Å²) in [6.07, 6.45) is 2.66. The van der Waals surface area contributed by atoms with Gasteiger partial charge < -0.3 is 10.4 Å². The molecule has 0 atom stereocenters. The Balaban J connectivity index is 1.50. The van der Waals surface area contributed by atoms with Crippen molar-refractivity contribution in [1.82, 2.24) is 0 Å². The zero-order chi connectivity index (χ0) is 22.5. The topological polar surface area (TPSA) is 69.6 Å². The van der Waals surface area contributed by atoms with Gasteiger partial charge in [0.2, 0.25) is 0 Å². The zero-order valence-electron chi connectivity index (χ0n) is 17.5. The first-order chi connectivity index (χ1) is 15.5. The van der Waals surface area contributed by atoms with Crippen molar-refractivity contribution in [3.8, 4) is 11.1 Å². The van der Waals surface area contributed by atoms with Crippen LogP contribution in [0.1, 0.15) is 5.56 Å². The molecule has 0 aliphatic rings. The van der Waals surface area contributed by atoms with E-state index in [1.807, 2.05) is 91.0 Å². The van der Waals surface area contributed by atoms with Crippen LogP contribution < -0.4 is 10.2 Å². The van der Waals surface area contributed by atoms with E-state index in [4.69, 9.17) is 5.11 Å². The van der Waals surface area contributed by atoms with Gasteiger partial charge in [-0.3, -0.25) is 4.90 Å². The maximum atomic E-state index is 12.8. The molecule has 32 heavy (non-hydrogen) atoms. The van der Waals surface area contributed by atoms with Crippen LogP contribution in [0, 0.1) is 0 Å². The fourth-order valence-electron chi connectivity index (χ4n) is 3.44. The monoisotopic (exact) mass is 422 g/mol. The summed E-state index contributed by atoms with van der Waals surface area (Å²) in [5, 5.41) is 13.9. The number of amides is 2. The maximum Gasteiger partial charge on any atom is 0.328 e. The maximum absolute atomic E-state index is 12.8. The summed E-state index contributed by atoms with van der Waals surface area (Å²) >= 11 is 0. The molecular weight excluding hydrogens is 400 g/mol. The zero-order valence-corrected chi connectivity index (χ0v) is 17.5. The Bertz CT molecular complexity index is 1310. The number of hydrogen-bond donors (Lipinski definition) is 2. The lowest BCUT2D eigenvalue weighted by molar-refractivity contribution is -0.131. The third-order valence-corrected chi connectivity index (χ3v) is 5.20. The van der Waals surface area contributed by atoms with E-state index in [9.17, 15) is 9.59 Å². The second kappa shape index (κ2) is 9.18. The van der Waals surface area contributed by atoms with Crippen LogP contribution in [0.3, 0.4) is 0 Å². The molecule has 2 N–H and O–H groups in total. The fraction of sp³-hybridized carbons (Fsp3) is 0.0370. The molecule has 4 rings (SSSR count). The number of nitrogens with one attached hydrogen (secondary N) is 1. The number of carbonyl (C=O) groups excluding carboxylic acids is 1. The number of hydrogen-bond acceptors (Lipinski definition) is 2. The molecule has 0 spiro atoms. The molecule has 0 unspecified atom stereocenters. The first-order valence-corrected chi connectivity index (χ1v) is 10.1. The minimum absolute atomic E-state index is 0.230. The average Bonchev–Trinajstić information content (AvgIpc) is 2.82. The number of benzene rings is 4. The third kappa shape index (κ3) is 4.84. The molecule has 2 amide bonds. The van der Waals surface area contributed by atoms with E-state index >= 15 is 0 Å². The SMILES string of the molecule is CN(C(=O)Nc1ccc2ccccc2c1)c1cccc(-c2ccc(C=CC(=O)O)cc2)c1. The highest BCUT2D eigenvalue weighted by atomic mass is 16.4. The summed E-state index contributed by atoms with van der Waals surface area (Å²) in [6, 6.07) is 28.9. The van der Waals surface area contributed by atoms with Crippen LogP contribution in [0.2, 0.25) is 0 Å². The standard InChI is InChI=1S/C27H22N2O3/c1-29(27(32)28-24-15-14-20-5-2-3-6-22(20)17-24)25-8-4-7-23(18-25)21-12-9-19(10-13-21)11-16-26(30)31/h2-18H,1H3,(H,28,32)(H,30,31). The van der Waals surface area contributed by atoms with E-state index in [-0.39, 0.29) is 6.03 Å². The van der Waals surface area contributed by atoms with Crippen molar-refractivity contribution in [3.05, 3.63) is 103 Å². The van der Waals surface area contributed by atoms with E-state index in [1.165, 1.54) is 0 Å². The molecular formula is C27H22N2O3. The molecule has 0 aliphatic carbocycles. The smallest absolute Gasteiger partial charge is 0.328 e. The van der Waals surface area contributed by atoms with Crippen LogP contribution in [0.15, 0.2) is 97.1 Å². The van der Waals surface area contributed by atoms with Gasteiger partial charge >= 0.3 is 12.0 Å². The Morgan fingerprint density at radius 3 is 2.31 bits per heavy atom. The number of nitrogens with zero attached hydrogens (tertiary/aromatic N) is 1. The molecule has 4 aromatic carbocycles. The lowest BCUT2D eigenvalue weighted by Gasteiger charge is -2.19. The molecule has 0 bridgehead atoms. The summed E-state index contributed by atoms with van der Waals surface area (Å²) in [6.45, 7) is 0. The Morgan fingerprint density at radius 1 is 0.812 bits per heavy atom. The van der Waals surface area contributed by atoms with Crippen LogP contribution in [0.25, 0.3) is 28.0 Å². The first-order valence-electron chi connectivity index (χ1n) is 10.1.